The van der Waals surface area contributed by atoms with Crippen LogP contribution in [0, 0.1) is 5.82 Å². The van der Waals surface area contributed by atoms with Crippen molar-refractivity contribution in [3.8, 4) is 0 Å². The monoisotopic (exact) mass is 260 g/mol. The summed E-state index contributed by atoms with van der Waals surface area (Å²) in [6.45, 7) is 0. The smallest absolute Gasteiger partial charge is 0.152 e. The van der Waals surface area contributed by atoms with Gasteiger partial charge in [0.05, 0.1) is 5.03 Å². The van der Waals surface area contributed by atoms with Gasteiger partial charge in [0.1, 0.15) is 5.82 Å². The number of hydrogen-bond donors (Lipinski definition) is 0. The van der Waals surface area contributed by atoms with Crippen LogP contribution < -0.4 is 0 Å². The van der Waals surface area contributed by atoms with Gasteiger partial charge in [-0.3, -0.25) is 4.79 Å². The normalized spacial score (nSPS) is 11.9. The highest BCUT2D eigenvalue weighted by Gasteiger charge is 2.08. The van der Waals surface area contributed by atoms with Crippen LogP contribution >= 0.6 is 11.6 Å². The van der Waals surface area contributed by atoms with Gasteiger partial charge in [0.15, 0.2) is 6.29 Å². The molecule has 2 rings (SSSR count). The topological polar surface area (TPSA) is 17.1 Å². The number of halogens is 2. The van der Waals surface area contributed by atoms with E-state index in [0.717, 1.165) is 5.56 Å². The van der Waals surface area contributed by atoms with Crippen molar-refractivity contribution in [2.45, 2.75) is 0 Å². The van der Waals surface area contributed by atoms with E-state index < -0.39 is 0 Å². The molecule has 18 heavy (non-hydrogen) atoms. The van der Waals surface area contributed by atoms with E-state index in [1.54, 1.807) is 24.3 Å². The second kappa shape index (κ2) is 5.61. The second-order valence-corrected chi connectivity index (χ2v) is 4.10. The summed E-state index contributed by atoms with van der Waals surface area (Å²) >= 11 is 6.19. The summed E-state index contributed by atoms with van der Waals surface area (Å²) in [5.41, 5.74) is 1.75. The molecule has 0 amide bonds. The molecule has 0 unspecified atom stereocenters. The summed E-state index contributed by atoms with van der Waals surface area (Å²) in [7, 11) is 0. The molecule has 0 bridgehead atoms. The van der Waals surface area contributed by atoms with Crippen LogP contribution in [0.15, 0.2) is 54.6 Å². The SMILES string of the molecule is O=C/C(=C(/Cl)c1ccc(F)cc1)c1ccccc1. The zero-order valence-electron chi connectivity index (χ0n) is 9.44. The van der Waals surface area contributed by atoms with Gasteiger partial charge in [-0.25, -0.2) is 4.39 Å². The number of hydrogen-bond acceptors (Lipinski definition) is 1. The zero-order chi connectivity index (χ0) is 13.0. The molecule has 0 radical (unpaired) electrons. The quantitative estimate of drug-likeness (QED) is 0.461. The molecular formula is C15H10ClFO. The molecule has 1 nitrogen and oxygen atoms in total. The first-order valence-corrected chi connectivity index (χ1v) is 5.76. The van der Waals surface area contributed by atoms with Gasteiger partial charge in [0.2, 0.25) is 0 Å². The Kier molecular flexibility index (Phi) is 3.90. The molecule has 0 aliphatic rings. The summed E-state index contributed by atoms with van der Waals surface area (Å²) in [5.74, 6) is -0.337. The maximum absolute atomic E-state index is 12.8. The summed E-state index contributed by atoms with van der Waals surface area (Å²) in [5, 5.41) is 0.316. The zero-order valence-corrected chi connectivity index (χ0v) is 10.2. The number of carbonyl (C=O) groups excluding carboxylic acids is 1. The van der Waals surface area contributed by atoms with Crippen LogP contribution in [0.1, 0.15) is 11.1 Å². The standard InChI is InChI=1S/C15H10ClFO/c16-15(12-6-8-13(17)9-7-12)14(10-18)11-4-2-1-3-5-11/h1-10H/b15-14-. The molecule has 0 aliphatic carbocycles. The minimum absolute atomic E-state index is 0.316. The lowest BCUT2D eigenvalue weighted by Crippen LogP contribution is -1.89. The molecule has 0 saturated heterocycles. The Morgan fingerprint density at radius 3 is 2.11 bits per heavy atom. The van der Waals surface area contributed by atoms with Crippen molar-refractivity contribution < 1.29 is 9.18 Å². The number of rotatable bonds is 3. The van der Waals surface area contributed by atoms with E-state index in [2.05, 4.69) is 0 Å². The highest BCUT2D eigenvalue weighted by Crippen LogP contribution is 2.28. The number of benzene rings is 2. The number of carbonyl (C=O) groups is 1. The highest BCUT2D eigenvalue weighted by atomic mass is 35.5. The first-order chi connectivity index (χ1) is 8.72. The van der Waals surface area contributed by atoms with Crippen LogP contribution in [0.3, 0.4) is 0 Å². The minimum atomic E-state index is -0.337. The first kappa shape index (κ1) is 12.5. The predicted molar refractivity (Wildman–Crippen MR) is 71.6 cm³/mol. The molecule has 0 aromatic heterocycles. The Bertz CT molecular complexity index is 573. The van der Waals surface area contributed by atoms with Crippen LogP contribution in [-0.4, -0.2) is 6.29 Å². The van der Waals surface area contributed by atoms with Crippen molar-refractivity contribution >= 4 is 28.5 Å². The molecular weight excluding hydrogens is 251 g/mol. The summed E-state index contributed by atoms with van der Waals surface area (Å²) < 4.78 is 12.8. The van der Waals surface area contributed by atoms with Gasteiger partial charge >= 0.3 is 0 Å². The molecule has 3 heteroatoms. The van der Waals surface area contributed by atoms with Gasteiger partial charge in [-0.15, -0.1) is 0 Å². The molecule has 0 atom stereocenters. The van der Waals surface area contributed by atoms with E-state index in [4.69, 9.17) is 11.6 Å². The van der Waals surface area contributed by atoms with Gasteiger partial charge in [-0.05, 0) is 23.3 Å². The maximum atomic E-state index is 12.8. The van der Waals surface area contributed by atoms with Crippen LogP contribution in [0.5, 0.6) is 0 Å². The van der Waals surface area contributed by atoms with Crippen molar-refractivity contribution in [1.29, 1.82) is 0 Å². The Labute approximate surface area is 110 Å². The summed E-state index contributed by atoms with van der Waals surface area (Å²) in [4.78, 5) is 11.2. The highest BCUT2D eigenvalue weighted by molar-refractivity contribution is 6.55. The molecule has 0 N–H and O–H groups in total. The first-order valence-electron chi connectivity index (χ1n) is 5.38. The molecule has 0 fully saturated rings. The van der Waals surface area contributed by atoms with E-state index in [0.29, 0.717) is 22.5 Å². The van der Waals surface area contributed by atoms with Crippen molar-refractivity contribution in [3.63, 3.8) is 0 Å². The van der Waals surface area contributed by atoms with E-state index in [-0.39, 0.29) is 5.82 Å². The van der Waals surface area contributed by atoms with Crippen LogP contribution in [0.4, 0.5) is 4.39 Å². The third-order valence-electron chi connectivity index (χ3n) is 2.54. The Hall–Kier alpha value is -1.93. The van der Waals surface area contributed by atoms with E-state index in [1.165, 1.54) is 12.1 Å². The largest absolute Gasteiger partial charge is 0.298 e. The molecule has 2 aromatic carbocycles. The van der Waals surface area contributed by atoms with Crippen molar-refractivity contribution in [2.24, 2.45) is 0 Å². The lowest BCUT2D eigenvalue weighted by molar-refractivity contribution is -0.103. The Morgan fingerprint density at radius 1 is 0.944 bits per heavy atom. The van der Waals surface area contributed by atoms with Gasteiger partial charge in [-0.1, -0.05) is 54.1 Å². The summed E-state index contributed by atoms with van der Waals surface area (Å²) in [6.07, 6.45) is 0.709. The fourth-order valence-electron chi connectivity index (χ4n) is 1.62. The average molecular weight is 261 g/mol. The van der Waals surface area contributed by atoms with Crippen molar-refractivity contribution in [2.75, 3.05) is 0 Å². The van der Waals surface area contributed by atoms with Crippen molar-refractivity contribution in [3.05, 3.63) is 71.5 Å². The van der Waals surface area contributed by atoms with E-state index in [1.807, 2.05) is 18.2 Å². The number of aldehydes is 1. The van der Waals surface area contributed by atoms with Gasteiger partial charge in [0, 0.05) is 5.57 Å². The van der Waals surface area contributed by atoms with Crippen LogP contribution in [-0.2, 0) is 4.79 Å². The fourth-order valence-corrected chi connectivity index (χ4v) is 1.90. The van der Waals surface area contributed by atoms with Crippen LogP contribution in [0.25, 0.3) is 10.6 Å². The van der Waals surface area contributed by atoms with E-state index >= 15 is 0 Å². The molecule has 2 aromatic rings. The molecule has 0 spiro atoms. The van der Waals surface area contributed by atoms with Crippen LogP contribution in [0.2, 0.25) is 0 Å². The Morgan fingerprint density at radius 2 is 1.56 bits per heavy atom. The predicted octanol–water partition coefficient (Wildman–Crippen LogP) is 4.13. The molecule has 0 aliphatic heterocycles. The maximum Gasteiger partial charge on any atom is 0.152 e. The number of allylic oxidation sites excluding steroid dienone is 1. The third-order valence-corrected chi connectivity index (χ3v) is 2.96. The Balaban J connectivity index is 2.50. The van der Waals surface area contributed by atoms with Gasteiger partial charge in [-0.2, -0.15) is 0 Å². The molecule has 0 heterocycles. The minimum Gasteiger partial charge on any atom is -0.298 e. The van der Waals surface area contributed by atoms with E-state index in [9.17, 15) is 9.18 Å². The molecule has 0 saturated carbocycles. The fraction of sp³-hybridized carbons (Fsp3) is 0. The second-order valence-electron chi connectivity index (χ2n) is 3.72. The third kappa shape index (κ3) is 2.66. The molecule has 90 valence electrons. The van der Waals surface area contributed by atoms with Gasteiger partial charge < -0.3 is 0 Å². The summed E-state index contributed by atoms with van der Waals surface area (Å²) in [6, 6.07) is 14.8. The average Bonchev–Trinajstić information content (AvgIpc) is 2.41. The lowest BCUT2D eigenvalue weighted by atomic mass is 10.0. The van der Waals surface area contributed by atoms with Gasteiger partial charge in [0.25, 0.3) is 0 Å². The lowest BCUT2D eigenvalue weighted by Gasteiger charge is -2.05. The van der Waals surface area contributed by atoms with Crippen molar-refractivity contribution in [1.82, 2.24) is 0 Å².